The maximum Gasteiger partial charge on any atom is 0.0406 e. The van der Waals surface area contributed by atoms with Gasteiger partial charge < -0.3 is 0 Å². The van der Waals surface area contributed by atoms with Crippen molar-refractivity contribution >= 4 is 0 Å². The predicted octanol–water partition coefficient (Wildman–Crippen LogP) is 3.79. The van der Waals surface area contributed by atoms with Gasteiger partial charge in [-0.2, -0.15) is 0 Å². The average molecular weight is 203 g/mol. The molecule has 1 aliphatic rings. The Labute approximate surface area is 92.9 Å². The van der Waals surface area contributed by atoms with Crippen LogP contribution in [0.4, 0.5) is 0 Å². The fraction of sp³-hybridized carbons (Fsp3) is 0.643. The van der Waals surface area contributed by atoms with Crippen LogP contribution >= 0.6 is 0 Å². The van der Waals surface area contributed by atoms with E-state index in [1.165, 1.54) is 30.5 Å². The van der Waals surface area contributed by atoms with E-state index in [0.717, 1.165) is 11.8 Å². The lowest BCUT2D eigenvalue weighted by Gasteiger charge is -2.05. The van der Waals surface area contributed by atoms with Crippen molar-refractivity contribution in [2.24, 2.45) is 11.8 Å². The Kier molecular flexibility index (Phi) is 3.08. The minimum atomic E-state index is 0.593. The number of hydrogen-bond donors (Lipinski definition) is 0. The Morgan fingerprint density at radius 2 is 2.13 bits per heavy atom. The maximum absolute atomic E-state index is 4.55. The third kappa shape index (κ3) is 2.58. The number of rotatable bonds is 4. The minimum Gasteiger partial charge on any atom is -0.261 e. The molecule has 15 heavy (non-hydrogen) atoms. The van der Waals surface area contributed by atoms with Gasteiger partial charge in [-0.3, -0.25) is 4.98 Å². The molecule has 82 valence electrons. The molecule has 0 bridgehead atoms. The molecule has 2 rings (SSSR count). The molecule has 2 atom stereocenters. The van der Waals surface area contributed by atoms with Crippen molar-refractivity contribution in [3.8, 4) is 0 Å². The molecule has 2 unspecified atom stereocenters. The Morgan fingerprint density at radius 3 is 2.60 bits per heavy atom. The fourth-order valence-corrected chi connectivity index (χ4v) is 2.23. The van der Waals surface area contributed by atoms with E-state index in [1.807, 2.05) is 6.20 Å². The second-order valence-corrected chi connectivity index (χ2v) is 5.11. The normalized spacial score (nSPS) is 24.5. The lowest BCUT2D eigenvalue weighted by atomic mass is 10.0. The van der Waals surface area contributed by atoms with E-state index in [9.17, 15) is 0 Å². The predicted molar refractivity (Wildman–Crippen MR) is 63.9 cm³/mol. The Hall–Kier alpha value is -0.850. The van der Waals surface area contributed by atoms with Gasteiger partial charge in [0.2, 0.25) is 0 Å². The number of hydrogen-bond acceptors (Lipinski definition) is 1. The van der Waals surface area contributed by atoms with Crippen molar-refractivity contribution in [2.45, 2.75) is 46.0 Å². The molecule has 0 aliphatic heterocycles. The van der Waals surface area contributed by atoms with Crippen molar-refractivity contribution < 1.29 is 0 Å². The van der Waals surface area contributed by atoms with E-state index in [0.29, 0.717) is 5.92 Å². The van der Waals surface area contributed by atoms with E-state index in [2.05, 4.69) is 37.9 Å². The first-order chi connectivity index (χ1) is 7.20. The molecule has 1 saturated carbocycles. The number of aromatic nitrogens is 1. The molecule has 1 aromatic rings. The highest BCUT2D eigenvalue weighted by molar-refractivity contribution is 5.18. The van der Waals surface area contributed by atoms with Crippen LogP contribution in [0.1, 0.15) is 50.8 Å². The van der Waals surface area contributed by atoms with Crippen LogP contribution in [0.3, 0.4) is 0 Å². The van der Waals surface area contributed by atoms with Crippen LogP contribution < -0.4 is 0 Å². The van der Waals surface area contributed by atoms with Crippen LogP contribution in [-0.2, 0) is 6.42 Å². The van der Waals surface area contributed by atoms with Crippen molar-refractivity contribution in [3.63, 3.8) is 0 Å². The monoisotopic (exact) mass is 203 g/mol. The second-order valence-electron chi connectivity index (χ2n) is 5.11. The third-order valence-corrected chi connectivity index (χ3v) is 3.58. The quantitative estimate of drug-likeness (QED) is 0.725. The molecule has 1 aromatic heterocycles. The van der Waals surface area contributed by atoms with Gasteiger partial charge in [-0.15, -0.1) is 0 Å². The Balaban J connectivity index is 1.93. The van der Waals surface area contributed by atoms with Crippen LogP contribution in [0.25, 0.3) is 0 Å². The summed E-state index contributed by atoms with van der Waals surface area (Å²) in [5.41, 5.74) is 2.63. The highest BCUT2D eigenvalue weighted by atomic mass is 14.7. The van der Waals surface area contributed by atoms with E-state index < -0.39 is 0 Å². The Morgan fingerprint density at radius 1 is 1.33 bits per heavy atom. The van der Waals surface area contributed by atoms with Gasteiger partial charge in [-0.05, 0) is 42.2 Å². The molecule has 1 aliphatic carbocycles. The average Bonchev–Trinajstić information content (AvgIpc) is 2.97. The first kappa shape index (κ1) is 10.7. The second kappa shape index (κ2) is 4.34. The lowest BCUT2D eigenvalue weighted by molar-refractivity contribution is 0.668. The standard InChI is InChI=1S/C14H21N/c1-4-11-7-13(11)8-14-6-5-12(9-15-14)10(2)3/h5-6,9-11,13H,4,7-8H2,1-3H3. The van der Waals surface area contributed by atoms with Gasteiger partial charge >= 0.3 is 0 Å². The highest BCUT2D eigenvalue weighted by Crippen LogP contribution is 2.42. The summed E-state index contributed by atoms with van der Waals surface area (Å²) in [7, 11) is 0. The maximum atomic E-state index is 4.55. The smallest absolute Gasteiger partial charge is 0.0406 e. The summed E-state index contributed by atoms with van der Waals surface area (Å²) in [4.78, 5) is 4.55. The van der Waals surface area contributed by atoms with Gasteiger partial charge in [0.05, 0.1) is 0 Å². The SMILES string of the molecule is CCC1CC1Cc1ccc(C(C)C)cn1. The van der Waals surface area contributed by atoms with Gasteiger partial charge in [0.25, 0.3) is 0 Å². The molecule has 1 nitrogen and oxygen atoms in total. The van der Waals surface area contributed by atoms with E-state index in [-0.39, 0.29) is 0 Å². The summed E-state index contributed by atoms with van der Waals surface area (Å²) >= 11 is 0. The zero-order chi connectivity index (χ0) is 10.8. The summed E-state index contributed by atoms with van der Waals surface area (Å²) in [6, 6.07) is 4.44. The fourth-order valence-electron chi connectivity index (χ4n) is 2.23. The zero-order valence-electron chi connectivity index (χ0n) is 10.0. The number of pyridine rings is 1. The molecule has 1 fully saturated rings. The van der Waals surface area contributed by atoms with Crippen LogP contribution in [0.15, 0.2) is 18.3 Å². The molecule has 0 radical (unpaired) electrons. The first-order valence-corrected chi connectivity index (χ1v) is 6.15. The third-order valence-electron chi connectivity index (χ3n) is 3.58. The van der Waals surface area contributed by atoms with Crippen molar-refractivity contribution in [1.82, 2.24) is 4.98 Å². The van der Waals surface area contributed by atoms with Crippen LogP contribution in [0.2, 0.25) is 0 Å². The van der Waals surface area contributed by atoms with Gasteiger partial charge in [0.1, 0.15) is 0 Å². The molecule has 0 N–H and O–H groups in total. The van der Waals surface area contributed by atoms with Crippen molar-refractivity contribution in [2.75, 3.05) is 0 Å². The van der Waals surface area contributed by atoms with Crippen molar-refractivity contribution in [3.05, 3.63) is 29.6 Å². The van der Waals surface area contributed by atoms with Gasteiger partial charge in [-0.1, -0.05) is 33.3 Å². The summed E-state index contributed by atoms with van der Waals surface area (Å²) in [5.74, 6) is 2.50. The number of nitrogens with zero attached hydrogens (tertiary/aromatic N) is 1. The molecule has 0 aromatic carbocycles. The summed E-state index contributed by atoms with van der Waals surface area (Å²) in [6.07, 6.45) is 6.00. The summed E-state index contributed by atoms with van der Waals surface area (Å²) < 4.78 is 0. The summed E-state index contributed by atoms with van der Waals surface area (Å²) in [6.45, 7) is 6.72. The van der Waals surface area contributed by atoms with Gasteiger partial charge in [0.15, 0.2) is 0 Å². The first-order valence-electron chi connectivity index (χ1n) is 6.15. The van der Waals surface area contributed by atoms with Crippen LogP contribution in [0, 0.1) is 11.8 Å². The zero-order valence-corrected chi connectivity index (χ0v) is 10.0. The molecular formula is C14H21N. The van der Waals surface area contributed by atoms with Crippen LogP contribution in [-0.4, -0.2) is 4.98 Å². The van der Waals surface area contributed by atoms with E-state index >= 15 is 0 Å². The van der Waals surface area contributed by atoms with Gasteiger partial charge in [0, 0.05) is 11.9 Å². The summed E-state index contributed by atoms with van der Waals surface area (Å²) in [5, 5.41) is 0. The topological polar surface area (TPSA) is 12.9 Å². The van der Waals surface area contributed by atoms with E-state index in [1.54, 1.807) is 0 Å². The van der Waals surface area contributed by atoms with E-state index in [4.69, 9.17) is 0 Å². The van der Waals surface area contributed by atoms with Crippen LogP contribution in [0.5, 0.6) is 0 Å². The molecule has 1 heteroatoms. The molecule has 1 heterocycles. The van der Waals surface area contributed by atoms with Gasteiger partial charge in [-0.25, -0.2) is 0 Å². The molecule has 0 saturated heterocycles. The van der Waals surface area contributed by atoms with Crippen molar-refractivity contribution in [1.29, 1.82) is 0 Å². The lowest BCUT2D eigenvalue weighted by Crippen LogP contribution is -1.96. The molecule has 0 amide bonds. The largest absolute Gasteiger partial charge is 0.261 e. The molecule has 0 spiro atoms. The Bertz CT molecular complexity index is 313. The minimum absolute atomic E-state index is 0.593. The highest BCUT2D eigenvalue weighted by Gasteiger charge is 2.35. The molecular weight excluding hydrogens is 182 g/mol.